The van der Waals surface area contributed by atoms with Gasteiger partial charge in [-0.1, -0.05) is 12.8 Å². The van der Waals surface area contributed by atoms with Gasteiger partial charge in [0.15, 0.2) is 0 Å². The van der Waals surface area contributed by atoms with Crippen LogP contribution < -0.4 is 53.2 Å². The van der Waals surface area contributed by atoms with Gasteiger partial charge in [-0.2, -0.15) is 29.9 Å². The highest BCUT2D eigenvalue weighted by Gasteiger charge is 2.41. The number of piperidine rings is 4. The second-order valence-electron chi connectivity index (χ2n) is 27.1. The summed E-state index contributed by atoms with van der Waals surface area (Å²) < 4.78 is 0. The zero-order valence-corrected chi connectivity index (χ0v) is 45.7. The number of nitrogens with one attached hydrogen (secondary N) is 10. The smallest absolute Gasteiger partial charge is 0.229 e. The van der Waals surface area contributed by atoms with Gasteiger partial charge in [0, 0.05) is 83.6 Å². The first-order chi connectivity index (χ1) is 31.4. The maximum atomic E-state index is 4.90. The average molecular weight is 947 g/mol. The van der Waals surface area contributed by atoms with Crippen LogP contribution in [0.25, 0.3) is 0 Å². The summed E-state index contributed by atoms with van der Waals surface area (Å²) in [6, 6.07) is 0. The van der Waals surface area contributed by atoms with Crippen molar-refractivity contribution in [1.29, 1.82) is 0 Å². The molecule has 0 aliphatic carbocycles. The molecular formula is C52H98N16. The van der Waals surface area contributed by atoms with Crippen LogP contribution in [0.1, 0.15) is 188 Å². The quantitative estimate of drug-likeness (QED) is 0.0532. The molecule has 0 bridgehead atoms. The standard InChI is InChI=1S/C52H98N16/c1-45(2)23-35(24-46(3,4)65-45)31-55-41-59-39(60-42(63-41)56-32-36-25-47(5,6)66-48(7,8)26-36)53-21-19-17-18-20-22-54-40-61-43(57-33-37-27-49(9,10)67-50(11,12)28-37)64-44(62-40)58-34-38-29-51(13,14)68-52(15,16)30-38/h35-38,65-68H,17-34H2,1-16H3,(H3,53,55,56,59,60,63)(H3,54,57,58,61,62,64). The molecule has 0 atom stereocenters. The highest BCUT2D eigenvalue weighted by atomic mass is 15.3. The Labute approximate surface area is 412 Å². The lowest BCUT2D eigenvalue weighted by Gasteiger charge is -2.46. The molecule has 4 fully saturated rings. The van der Waals surface area contributed by atoms with E-state index in [1.165, 1.54) is 0 Å². The summed E-state index contributed by atoms with van der Waals surface area (Å²) in [6.45, 7) is 41.8. The Kier molecular flexibility index (Phi) is 16.8. The fraction of sp³-hybridized carbons (Fsp3) is 0.885. The van der Waals surface area contributed by atoms with E-state index in [0.29, 0.717) is 59.4 Å². The molecular weight excluding hydrogens is 849 g/mol. The lowest BCUT2D eigenvalue weighted by molar-refractivity contribution is 0.134. The highest BCUT2D eigenvalue weighted by Crippen LogP contribution is 2.36. The number of aromatic nitrogens is 6. The maximum absolute atomic E-state index is 4.90. The van der Waals surface area contributed by atoms with Gasteiger partial charge >= 0.3 is 0 Å². The van der Waals surface area contributed by atoms with E-state index in [9.17, 15) is 0 Å². The Hall–Kier alpha value is -3.34. The molecule has 0 aromatic carbocycles. The summed E-state index contributed by atoms with van der Waals surface area (Å²) in [5, 5.41) is 36.8. The molecule has 68 heavy (non-hydrogen) atoms. The highest BCUT2D eigenvalue weighted by molar-refractivity contribution is 5.43. The van der Waals surface area contributed by atoms with Crippen LogP contribution in [-0.2, 0) is 0 Å². The summed E-state index contributed by atoms with van der Waals surface area (Å²) in [5.74, 6) is 5.80. The van der Waals surface area contributed by atoms with Crippen molar-refractivity contribution in [2.75, 3.05) is 71.2 Å². The molecule has 4 aliphatic heterocycles. The van der Waals surface area contributed by atoms with Gasteiger partial charge < -0.3 is 53.2 Å². The summed E-state index contributed by atoms with van der Waals surface area (Å²) >= 11 is 0. The average Bonchev–Trinajstić information content (AvgIpc) is 3.14. The van der Waals surface area contributed by atoms with Crippen molar-refractivity contribution in [2.24, 2.45) is 23.7 Å². The molecule has 16 heteroatoms. The number of hydrogen-bond acceptors (Lipinski definition) is 16. The van der Waals surface area contributed by atoms with Gasteiger partial charge in [-0.25, -0.2) is 0 Å². The SMILES string of the molecule is CC1(C)CC(CNc2nc(NCCCCCCNc3nc(NCC4CC(C)(C)NC(C)(C)C4)nc(NCC4CC(C)(C)NC(C)(C)C4)n3)nc(NCC3CC(C)(C)NC(C)(C)C3)n2)CC(C)(C)N1. The predicted molar refractivity (Wildman–Crippen MR) is 285 cm³/mol. The fourth-order valence-corrected chi connectivity index (χ4v) is 13.9. The number of anilines is 6. The van der Waals surface area contributed by atoms with E-state index < -0.39 is 0 Å². The van der Waals surface area contributed by atoms with Gasteiger partial charge in [-0.15, -0.1) is 0 Å². The van der Waals surface area contributed by atoms with Crippen LogP contribution in [0.15, 0.2) is 0 Å². The molecule has 0 unspecified atom stereocenters. The predicted octanol–water partition coefficient (Wildman–Crippen LogP) is 9.02. The van der Waals surface area contributed by atoms with Crippen LogP contribution in [0, 0.1) is 23.7 Å². The van der Waals surface area contributed by atoms with E-state index in [2.05, 4.69) is 164 Å². The molecule has 386 valence electrons. The van der Waals surface area contributed by atoms with Gasteiger partial charge in [0.1, 0.15) is 0 Å². The largest absolute Gasteiger partial charge is 0.354 e. The van der Waals surface area contributed by atoms with Crippen molar-refractivity contribution < 1.29 is 0 Å². The van der Waals surface area contributed by atoms with Crippen LogP contribution in [0.4, 0.5) is 35.7 Å². The molecule has 4 saturated heterocycles. The third-order valence-corrected chi connectivity index (χ3v) is 14.2. The fourth-order valence-electron chi connectivity index (χ4n) is 13.9. The molecule has 16 nitrogen and oxygen atoms in total. The first-order valence-electron chi connectivity index (χ1n) is 26.5. The minimum absolute atomic E-state index is 0.0817. The summed E-state index contributed by atoms with van der Waals surface area (Å²) in [4.78, 5) is 29.3. The zero-order chi connectivity index (χ0) is 49.8. The maximum Gasteiger partial charge on any atom is 0.229 e. The van der Waals surface area contributed by atoms with E-state index >= 15 is 0 Å². The second-order valence-corrected chi connectivity index (χ2v) is 27.1. The normalized spacial score (nSPS) is 24.2. The molecule has 4 aliphatic rings. The molecule has 2 aromatic rings. The van der Waals surface area contributed by atoms with Crippen LogP contribution in [-0.4, -0.2) is 113 Å². The molecule has 2 aromatic heterocycles. The van der Waals surface area contributed by atoms with Crippen molar-refractivity contribution in [3.8, 4) is 0 Å². The van der Waals surface area contributed by atoms with Gasteiger partial charge in [0.2, 0.25) is 35.7 Å². The number of rotatable bonds is 21. The third kappa shape index (κ3) is 17.8. The van der Waals surface area contributed by atoms with E-state index in [0.717, 1.165) is 116 Å². The number of unbranched alkanes of at least 4 members (excludes halogenated alkanes) is 3. The van der Waals surface area contributed by atoms with Crippen molar-refractivity contribution in [2.45, 2.75) is 232 Å². The van der Waals surface area contributed by atoms with Gasteiger partial charge in [-0.05, 0) is 199 Å². The second kappa shape index (κ2) is 21.2. The molecule has 0 radical (unpaired) electrons. The van der Waals surface area contributed by atoms with E-state index in [-0.39, 0.29) is 44.3 Å². The minimum atomic E-state index is 0.0817. The van der Waals surface area contributed by atoms with Crippen LogP contribution in [0.3, 0.4) is 0 Å². The first kappa shape index (κ1) is 54.0. The van der Waals surface area contributed by atoms with Gasteiger partial charge in [0.05, 0.1) is 0 Å². The minimum Gasteiger partial charge on any atom is -0.354 e. The zero-order valence-electron chi connectivity index (χ0n) is 45.7. The molecule has 0 saturated carbocycles. The lowest BCUT2D eigenvalue weighted by Crippen LogP contribution is -2.58. The van der Waals surface area contributed by atoms with Crippen molar-refractivity contribution in [3.63, 3.8) is 0 Å². The van der Waals surface area contributed by atoms with Crippen LogP contribution in [0.5, 0.6) is 0 Å². The molecule has 0 spiro atoms. The van der Waals surface area contributed by atoms with Gasteiger partial charge in [-0.3, -0.25) is 0 Å². The Morgan fingerprint density at radius 3 is 0.662 bits per heavy atom. The topological polar surface area (TPSA) is 198 Å². The first-order valence-corrected chi connectivity index (χ1v) is 26.5. The Morgan fingerprint density at radius 1 is 0.294 bits per heavy atom. The Morgan fingerprint density at radius 2 is 0.471 bits per heavy atom. The van der Waals surface area contributed by atoms with Crippen LogP contribution in [0.2, 0.25) is 0 Å². The summed E-state index contributed by atoms with van der Waals surface area (Å²) in [6.07, 6.45) is 13.0. The van der Waals surface area contributed by atoms with Crippen LogP contribution >= 0.6 is 0 Å². The number of hydrogen-bond donors (Lipinski definition) is 10. The summed E-state index contributed by atoms with van der Waals surface area (Å²) in [5.41, 5.74) is 0.654. The van der Waals surface area contributed by atoms with Gasteiger partial charge in [0.25, 0.3) is 0 Å². The molecule has 0 amide bonds. The number of nitrogens with zero attached hydrogens (tertiary/aromatic N) is 6. The molecule has 6 heterocycles. The van der Waals surface area contributed by atoms with E-state index in [1.807, 2.05) is 0 Å². The van der Waals surface area contributed by atoms with Crippen molar-refractivity contribution >= 4 is 35.7 Å². The lowest BCUT2D eigenvalue weighted by atomic mass is 9.76. The van der Waals surface area contributed by atoms with E-state index in [1.54, 1.807) is 0 Å². The molecule has 6 rings (SSSR count). The van der Waals surface area contributed by atoms with E-state index in [4.69, 9.17) is 29.9 Å². The monoisotopic (exact) mass is 947 g/mol. The molecule has 10 N–H and O–H groups in total. The van der Waals surface area contributed by atoms with Crippen molar-refractivity contribution in [3.05, 3.63) is 0 Å². The Bertz CT molecular complexity index is 1620. The third-order valence-electron chi connectivity index (χ3n) is 14.2. The van der Waals surface area contributed by atoms with Crippen molar-refractivity contribution in [1.82, 2.24) is 51.2 Å². The summed E-state index contributed by atoms with van der Waals surface area (Å²) in [7, 11) is 0. The Balaban J connectivity index is 1.02.